The number of benzene rings is 2. The lowest BCUT2D eigenvalue weighted by Crippen LogP contribution is -1.98. The van der Waals surface area contributed by atoms with E-state index in [0.717, 1.165) is 24.2 Å². The Morgan fingerprint density at radius 1 is 1.04 bits per heavy atom. The maximum atomic E-state index is 12.8. The average molecular weight is 314 g/mol. The van der Waals surface area contributed by atoms with E-state index in [-0.39, 0.29) is 18.2 Å². The van der Waals surface area contributed by atoms with Gasteiger partial charge in [-0.05, 0) is 60.9 Å². The van der Waals surface area contributed by atoms with Crippen molar-refractivity contribution < 1.29 is 19.0 Å². The quantitative estimate of drug-likeness (QED) is 0.457. The normalized spacial score (nSPS) is 10.9. The molecule has 2 aromatic carbocycles. The van der Waals surface area contributed by atoms with Gasteiger partial charge in [-0.2, -0.15) is 0 Å². The molecule has 0 aliphatic carbocycles. The summed E-state index contributed by atoms with van der Waals surface area (Å²) in [6.45, 7) is 0.744. The van der Waals surface area contributed by atoms with Crippen LogP contribution in [-0.2, 0) is 0 Å². The number of unbranched alkanes of at least 4 members (excludes halogenated alkanes) is 1. The van der Waals surface area contributed by atoms with Gasteiger partial charge in [-0.1, -0.05) is 18.2 Å². The van der Waals surface area contributed by atoms with Crippen LogP contribution in [-0.4, -0.2) is 24.1 Å². The number of halogens is 1. The third kappa shape index (κ3) is 5.68. The second-order valence-corrected chi connectivity index (χ2v) is 5.05. The summed E-state index contributed by atoms with van der Waals surface area (Å²) in [6.07, 6.45) is 4.71. The second-order valence-electron chi connectivity index (χ2n) is 5.05. The van der Waals surface area contributed by atoms with Crippen LogP contribution in [0.3, 0.4) is 0 Å². The monoisotopic (exact) mass is 314 g/mol. The van der Waals surface area contributed by atoms with Crippen LogP contribution >= 0.6 is 0 Å². The molecular formula is C19H19FO3. The van der Waals surface area contributed by atoms with E-state index in [0.29, 0.717) is 12.2 Å². The molecular weight excluding hydrogens is 295 g/mol. The molecule has 2 rings (SSSR count). The number of ketones is 1. The summed E-state index contributed by atoms with van der Waals surface area (Å²) < 4.78 is 18.3. The molecule has 23 heavy (non-hydrogen) atoms. The SMILES string of the molecule is O=C(/C=C/c1ccc(OCCCCO)cc1)c1ccc(F)cc1. The van der Waals surface area contributed by atoms with Gasteiger partial charge >= 0.3 is 0 Å². The van der Waals surface area contributed by atoms with E-state index >= 15 is 0 Å². The third-order valence-electron chi connectivity index (χ3n) is 3.26. The van der Waals surface area contributed by atoms with Gasteiger partial charge in [0.05, 0.1) is 6.61 Å². The molecule has 0 spiro atoms. The Hall–Kier alpha value is -2.46. The van der Waals surface area contributed by atoms with Crippen LogP contribution in [0.5, 0.6) is 5.75 Å². The zero-order valence-corrected chi connectivity index (χ0v) is 12.7. The molecule has 0 aliphatic rings. The van der Waals surface area contributed by atoms with Crippen LogP contribution in [0.2, 0.25) is 0 Å². The number of carbonyl (C=O) groups is 1. The smallest absolute Gasteiger partial charge is 0.185 e. The van der Waals surface area contributed by atoms with Crippen LogP contribution < -0.4 is 4.74 Å². The number of ether oxygens (including phenoxy) is 1. The summed E-state index contributed by atoms with van der Waals surface area (Å²) >= 11 is 0. The van der Waals surface area contributed by atoms with E-state index in [4.69, 9.17) is 9.84 Å². The Morgan fingerprint density at radius 2 is 1.74 bits per heavy atom. The Balaban J connectivity index is 1.89. The summed E-state index contributed by atoms with van der Waals surface area (Å²) in [5.41, 5.74) is 1.33. The molecule has 0 radical (unpaired) electrons. The Labute approximate surface area is 135 Å². The Kier molecular flexibility index (Phi) is 6.51. The summed E-state index contributed by atoms with van der Waals surface area (Å²) in [4.78, 5) is 11.9. The fourth-order valence-electron chi connectivity index (χ4n) is 1.96. The van der Waals surface area contributed by atoms with Crippen LogP contribution in [0.25, 0.3) is 6.08 Å². The topological polar surface area (TPSA) is 46.5 Å². The van der Waals surface area contributed by atoms with Gasteiger partial charge in [-0.25, -0.2) is 4.39 Å². The number of allylic oxidation sites excluding steroid dienone is 1. The fraction of sp³-hybridized carbons (Fsp3) is 0.211. The van der Waals surface area contributed by atoms with Crippen molar-refractivity contribution in [1.82, 2.24) is 0 Å². The van der Waals surface area contributed by atoms with Crippen molar-refractivity contribution in [1.29, 1.82) is 0 Å². The minimum absolute atomic E-state index is 0.172. The van der Waals surface area contributed by atoms with E-state index in [1.807, 2.05) is 24.3 Å². The third-order valence-corrected chi connectivity index (χ3v) is 3.26. The molecule has 0 aliphatic heterocycles. The van der Waals surface area contributed by atoms with Crippen molar-refractivity contribution in [3.05, 3.63) is 71.6 Å². The van der Waals surface area contributed by atoms with E-state index < -0.39 is 0 Å². The molecule has 0 amide bonds. The molecule has 4 heteroatoms. The number of aliphatic hydroxyl groups is 1. The van der Waals surface area contributed by atoms with Crippen molar-refractivity contribution in [3.63, 3.8) is 0 Å². The lowest BCUT2D eigenvalue weighted by molar-refractivity contribution is 0.104. The molecule has 0 saturated carbocycles. The molecule has 0 aromatic heterocycles. The van der Waals surface area contributed by atoms with Crippen LogP contribution in [0.4, 0.5) is 4.39 Å². The lowest BCUT2D eigenvalue weighted by atomic mass is 10.1. The number of hydrogen-bond donors (Lipinski definition) is 1. The highest BCUT2D eigenvalue weighted by molar-refractivity contribution is 6.06. The Bertz CT molecular complexity index is 645. The van der Waals surface area contributed by atoms with Gasteiger partial charge in [-0.3, -0.25) is 4.79 Å². The first kappa shape index (κ1) is 16.9. The van der Waals surface area contributed by atoms with Gasteiger partial charge in [0, 0.05) is 12.2 Å². The molecule has 0 saturated heterocycles. The highest BCUT2D eigenvalue weighted by Crippen LogP contribution is 2.14. The van der Waals surface area contributed by atoms with E-state index in [1.165, 1.54) is 30.3 Å². The molecule has 3 nitrogen and oxygen atoms in total. The summed E-state index contributed by atoms with van der Waals surface area (Å²) in [5, 5.41) is 8.69. The summed E-state index contributed by atoms with van der Waals surface area (Å²) in [7, 11) is 0. The van der Waals surface area contributed by atoms with Crippen molar-refractivity contribution >= 4 is 11.9 Å². The number of carbonyl (C=O) groups excluding carboxylic acids is 1. The van der Waals surface area contributed by atoms with Gasteiger partial charge in [-0.15, -0.1) is 0 Å². The highest BCUT2D eigenvalue weighted by atomic mass is 19.1. The van der Waals surface area contributed by atoms with Crippen LogP contribution in [0, 0.1) is 5.82 Å². The first-order valence-corrected chi connectivity index (χ1v) is 7.51. The van der Waals surface area contributed by atoms with E-state index in [2.05, 4.69) is 0 Å². The van der Waals surface area contributed by atoms with E-state index in [9.17, 15) is 9.18 Å². The molecule has 120 valence electrons. The van der Waals surface area contributed by atoms with E-state index in [1.54, 1.807) is 6.08 Å². The minimum atomic E-state index is -0.361. The molecule has 0 fully saturated rings. The molecule has 0 bridgehead atoms. The average Bonchev–Trinajstić information content (AvgIpc) is 2.58. The van der Waals surface area contributed by atoms with Gasteiger partial charge in [0.15, 0.2) is 5.78 Å². The molecule has 1 N–H and O–H groups in total. The van der Waals surface area contributed by atoms with Gasteiger partial charge in [0.1, 0.15) is 11.6 Å². The van der Waals surface area contributed by atoms with Crippen LogP contribution in [0.15, 0.2) is 54.6 Å². The van der Waals surface area contributed by atoms with Crippen LogP contribution in [0.1, 0.15) is 28.8 Å². The zero-order valence-electron chi connectivity index (χ0n) is 12.7. The predicted molar refractivity (Wildman–Crippen MR) is 88.0 cm³/mol. The maximum absolute atomic E-state index is 12.8. The standard InChI is InChI=1S/C19H19FO3/c20-17-8-6-16(7-9-17)19(22)12-5-15-3-10-18(11-4-15)23-14-2-1-13-21/h3-12,21H,1-2,13-14H2/b12-5+. The van der Waals surface area contributed by atoms with Crippen molar-refractivity contribution in [3.8, 4) is 5.75 Å². The fourth-order valence-corrected chi connectivity index (χ4v) is 1.96. The minimum Gasteiger partial charge on any atom is -0.494 e. The van der Waals surface area contributed by atoms with Gasteiger partial charge < -0.3 is 9.84 Å². The van der Waals surface area contributed by atoms with Crippen molar-refractivity contribution in [2.24, 2.45) is 0 Å². The lowest BCUT2D eigenvalue weighted by Gasteiger charge is -2.05. The largest absolute Gasteiger partial charge is 0.494 e. The summed E-state index contributed by atoms with van der Waals surface area (Å²) in [6, 6.07) is 12.8. The first-order valence-electron chi connectivity index (χ1n) is 7.51. The maximum Gasteiger partial charge on any atom is 0.185 e. The van der Waals surface area contributed by atoms with Crippen molar-refractivity contribution in [2.75, 3.05) is 13.2 Å². The number of aliphatic hydroxyl groups excluding tert-OH is 1. The number of hydrogen-bond acceptors (Lipinski definition) is 3. The highest BCUT2D eigenvalue weighted by Gasteiger charge is 2.01. The summed E-state index contributed by atoms with van der Waals surface area (Å²) in [5.74, 6) is 0.222. The van der Waals surface area contributed by atoms with Gasteiger partial charge in [0.2, 0.25) is 0 Å². The zero-order chi connectivity index (χ0) is 16.5. The van der Waals surface area contributed by atoms with Crippen molar-refractivity contribution in [2.45, 2.75) is 12.8 Å². The predicted octanol–water partition coefficient (Wildman–Crippen LogP) is 3.87. The number of rotatable bonds is 8. The Morgan fingerprint density at radius 3 is 2.39 bits per heavy atom. The molecule has 0 atom stereocenters. The first-order chi connectivity index (χ1) is 11.2. The second kappa shape index (κ2) is 8.86. The molecule has 2 aromatic rings. The molecule has 0 heterocycles. The molecule has 0 unspecified atom stereocenters. The van der Waals surface area contributed by atoms with Gasteiger partial charge in [0.25, 0.3) is 0 Å².